The van der Waals surface area contributed by atoms with Gasteiger partial charge in [0, 0.05) is 22.4 Å². The number of carbonyl (C=O) groups excluding carboxylic acids is 1. The summed E-state index contributed by atoms with van der Waals surface area (Å²) in [5, 5.41) is 4.33. The van der Waals surface area contributed by atoms with E-state index >= 15 is 0 Å². The van der Waals surface area contributed by atoms with E-state index in [1.165, 1.54) is 31.2 Å². The lowest BCUT2D eigenvalue weighted by Gasteiger charge is -2.16. The zero-order valence-corrected chi connectivity index (χ0v) is 17.9. The summed E-state index contributed by atoms with van der Waals surface area (Å²) in [5.74, 6) is 0.767. The lowest BCUT2D eigenvalue weighted by molar-refractivity contribution is 0.0926. The van der Waals surface area contributed by atoms with Crippen molar-refractivity contribution in [2.24, 2.45) is 0 Å². The third kappa shape index (κ3) is 4.61. The summed E-state index contributed by atoms with van der Waals surface area (Å²) in [5.41, 5.74) is 2.79. The van der Waals surface area contributed by atoms with Crippen LogP contribution >= 0.6 is 11.8 Å². The molecule has 0 radical (unpaired) electrons. The highest BCUT2D eigenvalue weighted by molar-refractivity contribution is 7.99. The molecule has 0 atom stereocenters. The van der Waals surface area contributed by atoms with Crippen LogP contribution in [0.3, 0.4) is 0 Å². The number of carbonyl (C=O) groups is 1. The number of fused-ring (bicyclic) bond motifs is 1. The van der Waals surface area contributed by atoms with Crippen molar-refractivity contribution in [3.05, 3.63) is 53.7 Å². The summed E-state index contributed by atoms with van der Waals surface area (Å²) in [4.78, 5) is 18.7. The highest BCUT2D eigenvalue weighted by Crippen LogP contribution is 2.38. The van der Waals surface area contributed by atoms with Crippen LogP contribution in [0.1, 0.15) is 54.6 Å². The molecule has 29 heavy (non-hydrogen) atoms. The van der Waals surface area contributed by atoms with Crippen LogP contribution in [0.5, 0.6) is 5.75 Å². The van der Waals surface area contributed by atoms with E-state index in [1.54, 1.807) is 18.9 Å². The lowest BCUT2D eigenvalue weighted by atomic mass is 10.1. The quantitative estimate of drug-likeness (QED) is 0.502. The van der Waals surface area contributed by atoms with E-state index < -0.39 is 0 Å². The van der Waals surface area contributed by atoms with Crippen LogP contribution in [0, 0.1) is 6.92 Å². The standard InChI is InChI=1S/C24H28N2O2S/c1-16-9-12-19(13-10-16)29-23-20-14-11-18(28-2)15-21(20)26-22(23)24(27)25-17-7-5-3-4-6-8-17/h9-15,17,26H,3-8H2,1-2H3,(H,25,27). The van der Waals surface area contributed by atoms with Crippen molar-refractivity contribution >= 4 is 28.6 Å². The number of ether oxygens (including phenoxy) is 1. The zero-order chi connectivity index (χ0) is 20.2. The highest BCUT2D eigenvalue weighted by atomic mass is 32.2. The van der Waals surface area contributed by atoms with E-state index in [1.807, 2.05) is 18.2 Å². The Kier molecular flexibility index (Phi) is 6.14. The number of rotatable bonds is 5. The average Bonchev–Trinajstić information content (AvgIpc) is 2.89. The Hall–Kier alpha value is -2.40. The number of nitrogens with one attached hydrogen (secondary N) is 2. The summed E-state index contributed by atoms with van der Waals surface area (Å²) in [7, 11) is 1.66. The molecule has 2 aromatic carbocycles. The number of hydrogen-bond acceptors (Lipinski definition) is 3. The van der Waals surface area contributed by atoms with Gasteiger partial charge in [0.15, 0.2) is 0 Å². The second kappa shape index (κ2) is 8.95. The molecule has 152 valence electrons. The van der Waals surface area contributed by atoms with Crippen LogP contribution < -0.4 is 10.1 Å². The first kappa shape index (κ1) is 19.9. The molecule has 1 saturated carbocycles. The summed E-state index contributed by atoms with van der Waals surface area (Å²) >= 11 is 1.63. The van der Waals surface area contributed by atoms with Gasteiger partial charge in [-0.3, -0.25) is 4.79 Å². The van der Waals surface area contributed by atoms with Gasteiger partial charge in [-0.05, 0) is 44.0 Å². The molecule has 4 nitrogen and oxygen atoms in total. The van der Waals surface area contributed by atoms with E-state index in [2.05, 4.69) is 41.5 Å². The number of amides is 1. The summed E-state index contributed by atoms with van der Waals surface area (Å²) in [6, 6.07) is 14.6. The van der Waals surface area contributed by atoms with Crippen LogP contribution in [0.4, 0.5) is 0 Å². The lowest BCUT2D eigenvalue weighted by Crippen LogP contribution is -2.34. The number of H-pyrrole nitrogens is 1. The van der Waals surface area contributed by atoms with Crippen molar-refractivity contribution in [2.75, 3.05) is 7.11 Å². The Morgan fingerprint density at radius 1 is 1.07 bits per heavy atom. The van der Waals surface area contributed by atoms with E-state index in [4.69, 9.17) is 4.74 Å². The molecule has 0 bridgehead atoms. The van der Waals surface area contributed by atoms with Gasteiger partial charge in [0.2, 0.25) is 0 Å². The maximum atomic E-state index is 13.2. The van der Waals surface area contributed by atoms with Crippen molar-refractivity contribution in [1.29, 1.82) is 0 Å². The molecule has 1 aliphatic carbocycles. The molecule has 1 aliphatic rings. The van der Waals surface area contributed by atoms with Gasteiger partial charge in [-0.25, -0.2) is 0 Å². The number of benzene rings is 2. The van der Waals surface area contributed by atoms with Crippen LogP contribution in [-0.4, -0.2) is 24.0 Å². The van der Waals surface area contributed by atoms with Crippen molar-refractivity contribution < 1.29 is 9.53 Å². The molecular formula is C24H28N2O2S. The summed E-state index contributed by atoms with van der Waals surface area (Å²) in [6.45, 7) is 2.08. The van der Waals surface area contributed by atoms with Crippen molar-refractivity contribution in [3.8, 4) is 5.75 Å². The Morgan fingerprint density at radius 2 is 1.79 bits per heavy atom. The van der Waals surface area contributed by atoms with Crippen LogP contribution in [-0.2, 0) is 0 Å². The third-order valence-electron chi connectivity index (χ3n) is 5.62. The molecule has 4 rings (SSSR count). The Bertz CT molecular complexity index is 986. The van der Waals surface area contributed by atoms with Crippen LogP contribution in [0.15, 0.2) is 52.3 Å². The van der Waals surface area contributed by atoms with Gasteiger partial charge in [0.05, 0.1) is 17.5 Å². The minimum Gasteiger partial charge on any atom is -0.497 e. The number of aryl methyl sites for hydroxylation is 1. The van der Waals surface area contributed by atoms with Gasteiger partial charge < -0.3 is 15.0 Å². The van der Waals surface area contributed by atoms with Crippen LogP contribution in [0.2, 0.25) is 0 Å². The molecule has 0 saturated heterocycles. The predicted octanol–water partition coefficient (Wildman–Crippen LogP) is 6.09. The first-order valence-electron chi connectivity index (χ1n) is 10.4. The normalized spacial score (nSPS) is 15.2. The highest BCUT2D eigenvalue weighted by Gasteiger charge is 2.22. The maximum absolute atomic E-state index is 13.2. The second-order valence-electron chi connectivity index (χ2n) is 7.82. The van der Waals surface area contributed by atoms with E-state index in [0.29, 0.717) is 5.69 Å². The maximum Gasteiger partial charge on any atom is 0.269 e. The molecule has 0 aliphatic heterocycles. The number of aromatic amines is 1. The van der Waals surface area contributed by atoms with Gasteiger partial charge in [0.1, 0.15) is 11.4 Å². The number of aromatic nitrogens is 1. The molecule has 2 N–H and O–H groups in total. The zero-order valence-electron chi connectivity index (χ0n) is 17.1. The van der Waals surface area contributed by atoms with E-state index in [9.17, 15) is 4.79 Å². The Balaban J connectivity index is 1.68. The molecule has 1 heterocycles. The SMILES string of the molecule is COc1ccc2c(Sc3ccc(C)cc3)c(C(=O)NC3CCCCCC3)[nH]c2c1. The molecule has 0 spiro atoms. The largest absolute Gasteiger partial charge is 0.497 e. The fourth-order valence-electron chi connectivity index (χ4n) is 3.95. The minimum atomic E-state index is -0.0123. The van der Waals surface area contributed by atoms with Gasteiger partial charge in [-0.1, -0.05) is 55.1 Å². The second-order valence-corrected chi connectivity index (χ2v) is 8.90. The average molecular weight is 409 g/mol. The van der Waals surface area contributed by atoms with Gasteiger partial charge in [0.25, 0.3) is 5.91 Å². The monoisotopic (exact) mass is 408 g/mol. The number of methoxy groups -OCH3 is 1. The van der Waals surface area contributed by atoms with Crippen molar-refractivity contribution in [3.63, 3.8) is 0 Å². The molecule has 1 amide bonds. The van der Waals surface area contributed by atoms with Gasteiger partial charge in [-0.2, -0.15) is 0 Å². The summed E-state index contributed by atoms with van der Waals surface area (Å²) in [6.07, 6.45) is 7.07. The fraction of sp³-hybridized carbons (Fsp3) is 0.375. The summed E-state index contributed by atoms with van der Waals surface area (Å²) < 4.78 is 5.37. The first-order valence-corrected chi connectivity index (χ1v) is 11.2. The molecule has 3 aromatic rings. The third-order valence-corrected chi connectivity index (χ3v) is 6.75. The minimum absolute atomic E-state index is 0.0123. The Labute approximate surface area is 176 Å². The van der Waals surface area contributed by atoms with Crippen molar-refractivity contribution in [2.45, 2.75) is 61.3 Å². The molecular weight excluding hydrogens is 380 g/mol. The van der Waals surface area contributed by atoms with Gasteiger partial charge >= 0.3 is 0 Å². The molecule has 1 aromatic heterocycles. The van der Waals surface area contributed by atoms with E-state index in [-0.39, 0.29) is 11.9 Å². The Morgan fingerprint density at radius 3 is 2.48 bits per heavy atom. The smallest absolute Gasteiger partial charge is 0.269 e. The topological polar surface area (TPSA) is 54.1 Å². The molecule has 0 unspecified atom stereocenters. The predicted molar refractivity (Wildman–Crippen MR) is 119 cm³/mol. The molecule has 5 heteroatoms. The molecule has 1 fully saturated rings. The van der Waals surface area contributed by atoms with E-state index in [0.717, 1.165) is 39.3 Å². The van der Waals surface area contributed by atoms with Crippen LogP contribution in [0.25, 0.3) is 10.9 Å². The van der Waals surface area contributed by atoms with Crippen molar-refractivity contribution in [1.82, 2.24) is 10.3 Å². The fourth-order valence-corrected chi connectivity index (χ4v) is 4.99. The number of hydrogen-bond donors (Lipinski definition) is 2. The first-order chi connectivity index (χ1) is 14.1. The van der Waals surface area contributed by atoms with Gasteiger partial charge in [-0.15, -0.1) is 0 Å².